The molecule has 0 saturated carbocycles. The Hall–Kier alpha value is -1.66. The molecule has 1 aromatic carbocycles. The lowest BCUT2D eigenvalue weighted by Gasteiger charge is -2.18. The van der Waals surface area contributed by atoms with Crippen molar-refractivity contribution in [3.05, 3.63) is 47.8 Å². The minimum absolute atomic E-state index is 0.190. The Labute approximate surface area is 138 Å². The number of benzene rings is 1. The number of nitrogens with zero attached hydrogens (tertiary/aromatic N) is 2. The third kappa shape index (κ3) is 4.20. The first-order chi connectivity index (χ1) is 10.9. The SMILES string of the molecule is CC[C@@H](C)c1ccc([C@@H](CC)NS(=O)(=O)c2cnn(C)c2)cc1. The van der Waals surface area contributed by atoms with E-state index in [1.807, 2.05) is 19.1 Å². The van der Waals surface area contributed by atoms with E-state index < -0.39 is 10.0 Å². The molecule has 1 heterocycles. The standard InChI is InChI=1S/C17H25N3O2S/c1-5-13(3)14-7-9-15(10-8-14)17(6-2)19-23(21,22)16-11-18-20(4)12-16/h7-13,17,19H,5-6H2,1-4H3/t13-,17-/m1/s1. The number of aromatic nitrogens is 2. The fraction of sp³-hybridized carbons (Fsp3) is 0.471. The zero-order chi connectivity index (χ0) is 17.0. The average Bonchev–Trinajstić information content (AvgIpc) is 2.99. The van der Waals surface area contributed by atoms with Crippen LogP contribution < -0.4 is 4.72 Å². The molecule has 0 fully saturated rings. The third-order valence-electron chi connectivity index (χ3n) is 4.22. The normalized spacial score (nSPS) is 14.6. The molecule has 23 heavy (non-hydrogen) atoms. The Bertz CT molecular complexity index is 735. The van der Waals surface area contributed by atoms with Gasteiger partial charge in [0.25, 0.3) is 0 Å². The zero-order valence-corrected chi connectivity index (χ0v) is 15.0. The Balaban J connectivity index is 2.19. The Morgan fingerprint density at radius 2 is 1.74 bits per heavy atom. The van der Waals surface area contributed by atoms with Crippen molar-refractivity contribution in [3.8, 4) is 0 Å². The summed E-state index contributed by atoms with van der Waals surface area (Å²) in [4.78, 5) is 0.190. The van der Waals surface area contributed by atoms with Gasteiger partial charge in [-0.15, -0.1) is 0 Å². The van der Waals surface area contributed by atoms with Crippen LogP contribution in [0.25, 0.3) is 0 Å². The molecule has 0 amide bonds. The lowest BCUT2D eigenvalue weighted by molar-refractivity contribution is 0.550. The Morgan fingerprint density at radius 3 is 2.22 bits per heavy atom. The van der Waals surface area contributed by atoms with E-state index in [2.05, 4.69) is 35.8 Å². The van der Waals surface area contributed by atoms with Crippen LogP contribution in [0.3, 0.4) is 0 Å². The lowest BCUT2D eigenvalue weighted by Crippen LogP contribution is -2.28. The van der Waals surface area contributed by atoms with Crippen LogP contribution in [0.1, 0.15) is 56.7 Å². The topological polar surface area (TPSA) is 64.0 Å². The Morgan fingerprint density at radius 1 is 1.13 bits per heavy atom. The van der Waals surface area contributed by atoms with Gasteiger partial charge < -0.3 is 0 Å². The highest BCUT2D eigenvalue weighted by molar-refractivity contribution is 7.89. The van der Waals surface area contributed by atoms with Crippen molar-refractivity contribution in [1.29, 1.82) is 0 Å². The van der Waals surface area contributed by atoms with E-state index in [-0.39, 0.29) is 10.9 Å². The van der Waals surface area contributed by atoms with Gasteiger partial charge in [-0.3, -0.25) is 4.68 Å². The van der Waals surface area contributed by atoms with E-state index in [1.54, 1.807) is 7.05 Å². The molecule has 0 aliphatic heterocycles. The van der Waals surface area contributed by atoms with Gasteiger partial charge >= 0.3 is 0 Å². The van der Waals surface area contributed by atoms with Crippen LogP contribution in [-0.2, 0) is 17.1 Å². The molecule has 1 N–H and O–H groups in total. The second-order valence-electron chi connectivity index (χ2n) is 5.91. The van der Waals surface area contributed by atoms with Crippen molar-refractivity contribution in [3.63, 3.8) is 0 Å². The zero-order valence-electron chi connectivity index (χ0n) is 14.2. The number of hydrogen-bond acceptors (Lipinski definition) is 3. The van der Waals surface area contributed by atoms with Gasteiger partial charge in [-0.1, -0.05) is 45.0 Å². The molecule has 1 aromatic heterocycles. The van der Waals surface area contributed by atoms with Crippen molar-refractivity contribution < 1.29 is 8.42 Å². The van der Waals surface area contributed by atoms with Crippen LogP contribution >= 0.6 is 0 Å². The highest BCUT2D eigenvalue weighted by Crippen LogP contribution is 2.24. The minimum atomic E-state index is -3.56. The monoisotopic (exact) mass is 335 g/mol. The molecule has 0 radical (unpaired) electrons. The van der Waals surface area contributed by atoms with Crippen molar-refractivity contribution in [1.82, 2.24) is 14.5 Å². The molecule has 5 nitrogen and oxygen atoms in total. The summed E-state index contributed by atoms with van der Waals surface area (Å²) in [5.41, 5.74) is 2.26. The van der Waals surface area contributed by atoms with Gasteiger partial charge in [-0.2, -0.15) is 5.10 Å². The fourth-order valence-electron chi connectivity index (χ4n) is 2.47. The molecule has 2 aromatic rings. The summed E-state index contributed by atoms with van der Waals surface area (Å²) in [6, 6.07) is 7.96. The second-order valence-corrected chi connectivity index (χ2v) is 7.62. The fourth-order valence-corrected chi connectivity index (χ4v) is 3.76. The molecule has 2 rings (SSSR count). The number of nitrogens with one attached hydrogen (secondary N) is 1. The van der Waals surface area contributed by atoms with Gasteiger partial charge in [0.15, 0.2) is 0 Å². The van der Waals surface area contributed by atoms with Crippen LogP contribution in [0, 0.1) is 0 Å². The van der Waals surface area contributed by atoms with E-state index in [0.29, 0.717) is 12.3 Å². The van der Waals surface area contributed by atoms with Gasteiger partial charge in [0.1, 0.15) is 4.90 Å². The first-order valence-corrected chi connectivity index (χ1v) is 9.46. The van der Waals surface area contributed by atoms with E-state index in [4.69, 9.17) is 0 Å². The first kappa shape index (κ1) is 17.7. The molecule has 2 atom stereocenters. The number of sulfonamides is 1. The number of aryl methyl sites for hydroxylation is 1. The van der Waals surface area contributed by atoms with Crippen LogP contribution in [0.5, 0.6) is 0 Å². The maximum atomic E-state index is 12.4. The molecule has 126 valence electrons. The molecule has 0 unspecified atom stereocenters. The van der Waals surface area contributed by atoms with Crippen molar-refractivity contribution in [2.45, 2.75) is 50.5 Å². The van der Waals surface area contributed by atoms with Crippen LogP contribution in [0.4, 0.5) is 0 Å². The van der Waals surface area contributed by atoms with Gasteiger partial charge in [0, 0.05) is 19.3 Å². The summed E-state index contributed by atoms with van der Waals surface area (Å²) < 4.78 is 29.1. The van der Waals surface area contributed by atoms with E-state index >= 15 is 0 Å². The summed E-state index contributed by atoms with van der Waals surface area (Å²) in [6.07, 6.45) is 4.63. The largest absolute Gasteiger partial charge is 0.274 e. The maximum Gasteiger partial charge on any atom is 0.244 e. The van der Waals surface area contributed by atoms with Crippen molar-refractivity contribution >= 4 is 10.0 Å². The number of rotatable bonds is 7. The molecule has 0 aliphatic carbocycles. The molecular formula is C17H25N3O2S. The van der Waals surface area contributed by atoms with Crippen molar-refractivity contribution in [2.24, 2.45) is 7.05 Å². The molecule has 6 heteroatoms. The summed E-state index contributed by atoms with van der Waals surface area (Å²) >= 11 is 0. The van der Waals surface area contributed by atoms with Gasteiger partial charge in [0.2, 0.25) is 10.0 Å². The summed E-state index contributed by atoms with van der Waals surface area (Å²) in [5, 5.41) is 3.93. The summed E-state index contributed by atoms with van der Waals surface area (Å²) in [7, 11) is -1.87. The van der Waals surface area contributed by atoms with Crippen LogP contribution in [0.2, 0.25) is 0 Å². The van der Waals surface area contributed by atoms with Gasteiger partial charge in [-0.25, -0.2) is 13.1 Å². The van der Waals surface area contributed by atoms with Gasteiger partial charge in [0.05, 0.1) is 6.20 Å². The second kappa shape index (κ2) is 7.27. The quantitative estimate of drug-likeness (QED) is 0.844. The first-order valence-electron chi connectivity index (χ1n) is 7.98. The predicted molar refractivity (Wildman–Crippen MR) is 91.7 cm³/mol. The minimum Gasteiger partial charge on any atom is -0.274 e. The predicted octanol–water partition coefficient (Wildman–Crippen LogP) is 3.36. The molecule has 0 saturated heterocycles. The average molecular weight is 335 g/mol. The number of hydrogen-bond donors (Lipinski definition) is 1. The summed E-state index contributed by atoms with van der Waals surface area (Å²) in [6.45, 7) is 6.33. The van der Waals surface area contributed by atoms with E-state index in [0.717, 1.165) is 12.0 Å². The Kier molecular flexibility index (Phi) is 5.59. The van der Waals surface area contributed by atoms with Crippen LogP contribution in [-0.4, -0.2) is 18.2 Å². The summed E-state index contributed by atoms with van der Waals surface area (Å²) in [5.74, 6) is 0.510. The van der Waals surface area contributed by atoms with E-state index in [1.165, 1.54) is 22.6 Å². The van der Waals surface area contributed by atoms with E-state index in [9.17, 15) is 8.42 Å². The van der Waals surface area contributed by atoms with Gasteiger partial charge in [-0.05, 0) is 29.9 Å². The highest BCUT2D eigenvalue weighted by Gasteiger charge is 2.21. The third-order valence-corrected chi connectivity index (χ3v) is 5.64. The highest BCUT2D eigenvalue weighted by atomic mass is 32.2. The molecule has 0 spiro atoms. The molecule has 0 aliphatic rings. The maximum absolute atomic E-state index is 12.4. The molecule has 0 bridgehead atoms. The molecular weight excluding hydrogens is 310 g/mol. The van der Waals surface area contributed by atoms with Crippen molar-refractivity contribution in [2.75, 3.05) is 0 Å². The van der Waals surface area contributed by atoms with Crippen LogP contribution in [0.15, 0.2) is 41.6 Å². The lowest BCUT2D eigenvalue weighted by atomic mass is 9.96. The smallest absolute Gasteiger partial charge is 0.244 e.